The van der Waals surface area contributed by atoms with Gasteiger partial charge < -0.3 is 64.2 Å². The van der Waals surface area contributed by atoms with Gasteiger partial charge in [0.2, 0.25) is 11.7 Å². The van der Waals surface area contributed by atoms with Crippen LogP contribution in [0.15, 0.2) is 23.3 Å². The molecule has 6 aliphatic rings. The molecule has 0 aromatic heterocycles. The number of hydrogen-bond acceptors (Lipinski definition) is 16. The summed E-state index contributed by atoms with van der Waals surface area (Å²) in [5, 5.41) is 77.0. The van der Waals surface area contributed by atoms with Crippen molar-refractivity contribution in [3.05, 3.63) is 23.3 Å². The zero-order valence-electron chi connectivity index (χ0n) is 27.2. The van der Waals surface area contributed by atoms with Crippen molar-refractivity contribution in [3.63, 3.8) is 0 Å². The van der Waals surface area contributed by atoms with Gasteiger partial charge in [-0.2, -0.15) is 0 Å². The molecule has 16 heteroatoms. The molecule has 3 saturated heterocycles. The second-order valence-electron chi connectivity index (χ2n) is 14.4. The van der Waals surface area contributed by atoms with Crippen LogP contribution >= 0.6 is 0 Å². The third kappa shape index (κ3) is 4.61. The maximum absolute atomic E-state index is 13.7. The minimum atomic E-state index is -2.35. The summed E-state index contributed by atoms with van der Waals surface area (Å²) < 4.78 is 34.3. The maximum atomic E-state index is 13.7. The van der Waals surface area contributed by atoms with Crippen LogP contribution in [-0.2, 0) is 42.8 Å². The molecule has 0 aromatic carbocycles. The van der Waals surface area contributed by atoms with E-state index in [-0.39, 0.29) is 13.0 Å². The first-order valence-electron chi connectivity index (χ1n) is 16.0. The van der Waals surface area contributed by atoms with Crippen molar-refractivity contribution in [2.24, 2.45) is 28.6 Å². The molecule has 0 amide bonds. The van der Waals surface area contributed by atoms with E-state index < -0.39 is 126 Å². The highest BCUT2D eigenvalue weighted by Gasteiger charge is 2.85. The van der Waals surface area contributed by atoms with Crippen LogP contribution < -0.4 is 0 Å². The molecule has 1 spiro atoms. The summed E-state index contributed by atoms with van der Waals surface area (Å²) >= 11 is 0. The summed E-state index contributed by atoms with van der Waals surface area (Å²) in [5.41, 5.74) is -4.10. The molecule has 3 aliphatic carbocycles. The molecule has 3 unspecified atom stereocenters. The van der Waals surface area contributed by atoms with Crippen LogP contribution in [0.25, 0.3) is 0 Å². The monoisotopic (exact) mass is 684 g/mol. The molecule has 48 heavy (non-hydrogen) atoms. The fraction of sp³-hybridized carbons (Fsp3) is 0.781. The van der Waals surface area contributed by atoms with Crippen LogP contribution in [-0.4, -0.2) is 147 Å². The van der Waals surface area contributed by atoms with Crippen molar-refractivity contribution in [3.8, 4) is 0 Å². The molecule has 7 N–H and O–H groups in total. The van der Waals surface area contributed by atoms with E-state index in [0.29, 0.717) is 11.1 Å². The zero-order chi connectivity index (χ0) is 35.2. The van der Waals surface area contributed by atoms with Gasteiger partial charge in [-0.25, -0.2) is 14.4 Å². The van der Waals surface area contributed by atoms with Gasteiger partial charge in [0.15, 0.2) is 6.29 Å². The lowest BCUT2D eigenvalue weighted by molar-refractivity contribution is -0.330. The van der Waals surface area contributed by atoms with Gasteiger partial charge in [-0.3, -0.25) is 0 Å². The fourth-order valence-corrected chi connectivity index (χ4v) is 9.79. The van der Waals surface area contributed by atoms with E-state index in [1.54, 1.807) is 33.8 Å². The van der Waals surface area contributed by atoms with Gasteiger partial charge in [-0.15, -0.1) is 0 Å². The van der Waals surface area contributed by atoms with E-state index in [9.17, 15) is 50.1 Å². The van der Waals surface area contributed by atoms with Crippen molar-refractivity contribution in [2.45, 2.75) is 107 Å². The minimum absolute atomic E-state index is 0.0828. The number of carbonyl (C=O) groups is 3. The smallest absolute Gasteiger partial charge is 0.348 e. The number of carbonyl (C=O) groups excluding carboxylic acids is 3. The van der Waals surface area contributed by atoms with Crippen LogP contribution in [0, 0.1) is 28.6 Å². The first-order chi connectivity index (χ1) is 22.5. The summed E-state index contributed by atoms with van der Waals surface area (Å²) in [7, 11) is 1.05. The van der Waals surface area contributed by atoms with E-state index in [1.807, 2.05) is 0 Å². The Hall–Kier alpha value is -2.51. The number of fused-ring (bicyclic) bond motifs is 2. The van der Waals surface area contributed by atoms with Crippen molar-refractivity contribution in [1.82, 2.24) is 0 Å². The fourth-order valence-electron chi connectivity index (χ4n) is 9.79. The Morgan fingerprint density at radius 2 is 1.71 bits per heavy atom. The number of esters is 3. The normalized spacial score (nSPS) is 50.7. The molecule has 3 heterocycles. The molecular weight excluding hydrogens is 640 g/mol. The SMILES string of the molecule is COC(=O)[C@@]12OC[C@]34C([C@@H](O)C1O)[C@]1(C)C(C[C@H]3OC(=O)[C@H](OC(=O)C=C(C)C)[C@H]42)C(C)=C[C@H](O[C@@H]2O[C@H](CO)[C@@H](O)[C@@H](O)[C@H]2O)[C@H]1O. The summed E-state index contributed by atoms with van der Waals surface area (Å²) in [6.07, 6.45) is -14.6. The first-order valence-corrected chi connectivity index (χ1v) is 16.0. The van der Waals surface area contributed by atoms with E-state index in [0.717, 1.165) is 13.2 Å². The molecule has 268 valence electrons. The van der Waals surface area contributed by atoms with Gasteiger partial charge in [0.1, 0.15) is 42.7 Å². The highest BCUT2D eigenvalue weighted by atomic mass is 16.7. The van der Waals surface area contributed by atoms with Gasteiger partial charge in [0.05, 0.1) is 38.4 Å². The average Bonchev–Trinajstić information content (AvgIpc) is 3.34. The Morgan fingerprint density at radius 1 is 1.02 bits per heavy atom. The first kappa shape index (κ1) is 35.3. The van der Waals surface area contributed by atoms with E-state index in [4.69, 9.17) is 28.4 Å². The summed E-state index contributed by atoms with van der Waals surface area (Å²) in [6.45, 7) is 5.62. The van der Waals surface area contributed by atoms with Crippen LogP contribution in [0.1, 0.15) is 34.1 Å². The Balaban J connectivity index is 1.46. The standard InChI is InChI=1S/C32H44O16/c1-11(2)6-17(34)48-22-24-31-10-44-32(24,29(42)43-5)26(40)21(38)23(31)30(4)13(8-16(31)47-27(22)41)12(3)7-14(25(30)39)45-28-20(37)19(36)18(35)15(9-33)46-28/h6-7,13-16,18-26,28,33,35-40H,8-10H2,1-5H3/t13?,14-,15+,16+,18+,19+,20+,21+,22+,23?,24+,25+,26?,28+,30-,31+,32-/m0/s1. The van der Waals surface area contributed by atoms with Crippen LogP contribution in [0.5, 0.6) is 0 Å². The minimum Gasteiger partial charge on any atom is -0.467 e. The molecule has 16 nitrogen and oxygen atoms in total. The number of hydrogen-bond donors (Lipinski definition) is 7. The maximum Gasteiger partial charge on any atom is 0.348 e. The van der Waals surface area contributed by atoms with Gasteiger partial charge in [-0.1, -0.05) is 24.1 Å². The van der Waals surface area contributed by atoms with Gasteiger partial charge >= 0.3 is 17.9 Å². The molecule has 2 saturated carbocycles. The van der Waals surface area contributed by atoms with Crippen molar-refractivity contribution in [1.29, 1.82) is 0 Å². The van der Waals surface area contributed by atoms with Crippen LogP contribution in [0.2, 0.25) is 0 Å². The van der Waals surface area contributed by atoms with Crippen molar-refractivity contribution < 1.29 is 78.6 Å². The predicted molar refractivity (Wildman–Crippen MR) is 156 cm³/mol. The predicted octanol–water partition coefficient (Wildman–Crippen LogP) is -2.78. The number of allylic oxidation sites excluding steroid dienone is 2. The van der Waals surface area contributed by atoms with E-state index >= 15 is 0 Å². The van der Waals surface area contributed by atoms with Crippen molar-refractivity contribution in [2.75, 3.05) is 20.3 Å². The number of aliphatic hydroxyl groups is 7. The Bertz CT molecular complexity index is 1390. The van der Waals surface area contributed by atoms with Gasteiger partial charge in [0.25, 0.3) is 0 Å². The molecule has 0 radical (unpaired) electrons. The molecule has 17 atom stereocenters. The van der Waals surface area contributed by atoms with Crippen molar-refractivity contribution >= 4 is 17.9 Å². The zero-order valence-corrected chi connectivity index (χ0v) is 27.2. The Morgan fingerprint density at radius 3 is 2.33 bits per heavy atom. The largest absolute Gasteiger partial charge is 0.467 e. The summed E-state index contributed by atoms with van der Waals surface area (Å²) in [6, 6.07) is 0. The molecule has 6 rings (SSSR count). The Kier molecular flexibility index (Phi) is 8.88. The third-order valence-corrected chi connectivity index (χ3v) is 11.8. The topological polar surface area (TPSA) is 248 Å². The lowest BCUT2D eigenvalue weighted by Crippen LogP contribution is -2.80. The summed E-state index contributed by atoms with van der Waals surface area (Å²) in [5.74, 6) is -6.18. The third-order valence-electron chi connectivity index (χ3n) is 11.8. The molecular formula is C32H44O16. The highest BCUT2D eigenvalue weighted by molar-refractivity contribution is 5.89. The van der Waals surface area contributed by atoms with Gasteiger partial charge in [0, 0.05) is 22.8 Å². The number of ether oxygens (including phenoxy) is 6. The number of rotatable bonds is 6. The number of aliphatic hydroxyl groups excluding tert-OH is 7. The Labute approximate surface area is 275 Å². The van der Waals surface area contributed by atoms with E-state index in [2.05, 4.69) is 0 Å². The quantitative estimate of drug-likeness (QED) is 0.0647. The summed E-state index contributed by atoms with van der Waals surface area (Å²) in [4.78, 5) is 40.2. The molecule has 2 bridgehead atoms. The van der Waals surface area contributed by atoms with E-state index in [1.165, 1.54) is 0 Å². The average molecular weight is 685 g/mol. The molecule has 5 fully saturated rings. The second kappa shape index (κ2) is 12.1. The van der Waals surface area contributed by atoms with Crippen LogP contribution in [0.4, 0.5) is 0 Å². The molecule has 0 aromatic rings. The lowest BCUT2D eigenvalue weighted by atomic mass is 9.37. The lowest BCUT2D eigenvalue weighted by Gasteiger charge is -2.68. The number of methoxy groups -OCH3 is 1. The van der Waals surface area contributed by atoms with Crippen LogP contribution in [0.3, 0.4) is 0 Å². The highest BCUT2D eigenvalue weighted by Crippen LogP contribution is 2.73. The second-order valence-corrected chi connectivity index (χ2v) is 14.4. The molecule has 3 aliphatic heterocycles. The van der Waals surface area contributed by atoms with Gasteiger partial charge in [-0.05, 0) is 33.1 Å².